The van der Waals surface area contributed by atoms with E-state index >= 15 is 0 Å². The molecule has 0 aliphatic rings. The summed E-state index contributed by atoms with van der Waals surface area (Å²) in [7, 11) is 0. The molecule has 0 atom stereocenters. The molecule has 86 valence electrons. The molecule has 2 radical (unpaired) electrons. The topological polar surface area (TPSA) is 12.0 Å². The zero-order chi connectivity index (χ0) is 11.1. The molecule has 0 bridgehead atoms. The average Bonchev–Trinajstić information content (AvgIpc) is 2.20. The third-order valence-electron chi connectivity index (χ3n) is 1.97. The Labute approximate surface area is 105 Å². The van der Waals surface area contributed by atoms with Gasteiger partial charge in [0, 0.05) is 0 Å². The van der Waals surface area contributed by atoms with Gasteiger partial charge in [0.15, 0.2) is 0 Å². The molecule has 0 saturated carbocycles. The normalized spacial score (nSPS) is 9.43. The number of nitrogens with one attached hydrogen (secondary N) is 1. The molecule has 14 heavy (non-hydrogen) atoms. The van der Waals surface area contributed by atoms with Crippen LogP contribution in [0.5, 0.6) is 0 Å². The molecule has 0 spiro atoms. The van der Waals surface area contributed by atoms with E-state index in [1.807, 2.05) is 0 Å². The van der Waals surface area contributed by atoms with E-state index < -0.39 is 0 Å². The molecular formula is C12H29NSn. The number of unbranched alkanes of at least 4 members (excludes halogenated alkanes) is 3. The Bertz CT molecular complexity index is 68.7. The van der Waals surface area contributed by atoms with Gasteiger partial charge in [-0.25, -0.2) is 0 Å². The van der Waals surface area contributed by atoms with Crippen LogP contribution >= 0.6 is 0 Å². The van der Waals surface area contributed by atoms with Crippen molar-refractivity contribution in [2.45, 2.75) is 63.7 Å². The van der Waals surface area contributed by atoms with E-state index in [2.05, 4.69) is 26.1 Å². The van der Waals surface area contributed by atoms with Crippen molar-refractivity contribution in [2.75, 3.05) is 13.1 Å². The van der Waals surface area contributed by atoms with E-state index in [-0.39, 0.29) is 0 Å². The minimum absolute atomic E-state index is 1.20. The van der Waals surface area contributed by atoms with E-state index in [1.54, 1.807) is 0 Å². The first-order chi connectivity index (χ1) is 6.83. The van der Waals surface area contributed by atoms with Gasteiger partial charge in [-0.2, -0.15) is 0 Å². The van der Waals surface area contributed by atoms with Gasteiger partial charge in [-0.15, -0.1) is 0 Å². The van der Waals surface area contributed by atoms with Crippen molar-refractivity contribution in [3.05, 3.63) is 0 Å². The minimum atomic E-state index is 1.20. The quantitative estimate of drug-likeness (QED) is 0.536. The Morgan fingerprint density at radius 1 is 0.786 bits per heavy atom. The Morgan fingerprint density at radius 2 is 1.21 bits per heavy atom. The zero-order valence-electron chi connectivity index (χ0n) is 10.4. The Hall–Kier alpha value is 0.759. The SMILES string of the molecule is CCCCNCCCC.CCC[CH2][SnH]. The molecule has 0 amide bonds. The van der Waals surface area contributed by atoms with Crippen molar-refractivity contribution in [1.29, 1.82) is 0 Å². The Morgan fingerprint density at radius 3 is 1.43 bits per heavy atom. The van der Waals surface area contributed by atoms with Crippen molar-refractivity contribution in [3.8, 4) is 0 Å². The van der Waals surface area contributed by atoms with Crippen LogP contribution < -0.4 is 5.32 Å². The fourth-order valence-corrected chi connectivity index (χ4v) is 2.10. The second-order valence-electron chi connectivity index (χ2n) is 3.60. The third kappa shape index (κ3) is 23.0. The molecule has 0 heterocycles. The van der Waals surface area contributed by atoms with E-state index in [9.17, 15) is 0 Å². The second-order valence-corrected chi connectivity index (χ2v) is 5.25. The van der Waals surface area contributed by atoms with E-state index in [4.69, 9.17) is 0 Å². The molecule has 0 unspecified atom stereocenters. The zero-order valence-corrected chi connectivity index (χ0v) is 13.7. The molecule has 0 aromatic carbocycles. The number of hydrogen-bond donors (Lipinski definition) is 1. The third-order valence-corrected chi connectivity index (χ3v) is 3.14. The molecule has 0 aliphatic heterocycles. The second kappa shape index (κ2) is 19.3. The van der Waals surface area contributed by atoms with Crippen LogP contribution in [-0.2, 0) is 0 Å². The summed E-state index contributed by atoms with van der Waals surface area (Å²) < 4.78 is 1.47. The van der Waals surface area contributed by atoms with Gasteiger partial charge < -0.3 is 5.32 Å². The van der Waals surface area contributed by atoms with E-state index in [0.717, 1.165) is 0 Å². The molecule has 1 nitrogen and oxygen atoms in total. The van der Waals surface area contributed by atoms with Crippen molar-refractivity contribution in [1.82, 2.24) is 5.32 Å². The molecule has 0 aromatic rings. The van der Waals surface area contributed by atoms with Gasteiger partial charge in [0.1, 0.15) is 0 Å². The monoisotopic (exact) mass is 307 g/mol. The van der Waals surface area contributed by atoms with Gasteiger partial charge in [-0.05, 0) is 25.9 Å². The summed E-state index contributed by atoms with van der Waals surface area (Å²) in [6.45, 7) is 9.09. The van der Waals surface area contributed by atoms with Crippen LogP contribution in [0.3, 0.4) is 0 Å². The average molecular weight is 306 g/mol. The number of hydrogen-bond acceptors (Lipinski definition) is 1. The predicted octanol–water partition coefficient (Wildman–Crippen LogP) is 3.28. The first kappa shape index (κ1) is 17.2. The van der Waals surface area contributed by atoms with Gasteiger partial charge in [0.2, 0.25) is 0 Å². The predicted molar refractivity (Wildman–Crippen MR) is 69.5 cm³/mol. The van der Waals surface area contributed by atoms with Gasteiger partial charge in [-0.1, -0.05) is 26.7 Å². The summed E-state index contributed by atoms with van der Waals surface area (Å²) in [6.07, 6.45) is 8.08. The summed E-state index contributed by atoms with van der Waals surface area (Å²) in [5.41, 5.74) is 0. The van der Waals surface area contributed by atoms with E-state index in [1.165, 1.54) is 78.6 Å². The first-order valence-corrected chi connectivity index (χ1v) is 8.57. The molecule has 0 saturated heterocycles. The fourth-order valence-electron chi connectivity index (χ4n) is 0.933. The Balaban J connectivity index is 0. The van der Waals surface area contributed by atoms with Gasteiger partial charge in [0.05, 0.1) is 0 Å². The first-order valence-electron chi connectivity index (χ1n) is 6.24. The number of rotatable bonds is 8. The summed E-state index contributed by atoms with van der Waals surface area (Å²) in [5.74, 6) is 0. The van der Waals surface area contributed by atoms with Crippen LogP contribution in [0.4, 0.5) is 0 Å². The standard InChI is InChI=1S/C8H19N.C4H9.Sn.H/c1-3-5-7-9-8-6-4-2;1-3-4-2;;/h9H,3-8H2,1-2H3;1,3-4H2,2H3;;. The van der Waals surface area contributed by atoms with Crippen LogP contribution in [-0.4, -0.2) is 35.6 Å². The summed E-state index contributed by atoms with van der Waals surface area (Å²) in [4.78, 5) is 0. The van der Waals surface area contributed by atoms with Crippen molar-refractivity contribution >= 4 is 22.5 Å². The molecule has 2 heteroatoms. The molecular weight excluding hydrogens is 277 g/mol. The van der Waals surface area contributed by atoms with E-state index in [0.29, 0.717) is 0 Å². The summed E-state index contributed by atoms with van der Waals surface area (Å²) in [5, 5.41) is 3.39. The maximum absolute atomic E-state index is 3.39. The maximum atomic E-state index is 3.39. The van der Waals surface area contributed by atoms with Gasteiger partial charge in [-0.3, -0.25) is 0 Å². The van der Waals surface area contributed by atoms with Crippen LogP contribution in [0.2, 0.25) is 4.44 Å². The molecule has 1 N–H and O–H groups in total. The van der Waals surface area contributed by atoms with Crippen molar-refractivity contribution < 1.29 is 0 Å². The van der Waals surface area contributed by atoms with Crippen LogP contribution in [0.15, 0.2) is 0 Å². The van der Waals surface area contributed by atoms with Crippen LogP contribution in [0, 0.1) is 0 Å². The Kier molecular flexibility index (Phi) is 23.7. The van der Waals surface area contributed by atoms with Crippen molar-refractivity contribution in [2.24, 2.45) is 0 Å². The molecule has 0 fully saturated rings. The summed E-state index contributed by atoms with van der Waals surface area (Å²) >= 11 is 1.45. The van der Waals surface area contributed by atoms with Crippen LogP contribution in [0.25, 0.3) is 0 Å². The molecule has 0 rings (SSSR count). The van der Waals surface area contributed by atoms with Gasteiger partial charge >= 0.3 is 46.7 Å². The molecule has 0 aliphatic carbocycles. The fraction of sp³-hybridized carbons (Fsp3) is 1.00. The van der Waals surface area contributed by atoms with Crippen LogP contribution in [0.1, 0.15) is 59.3 Å². The summed E-state index contributed by atoms with van der Waals surface area (Å²) in [6, 6.07) is 0. The van der Waals surface area contributed by atoms with Gasteiger partial charge in [0.25, 0.3) is 0 Å². The van der Waals surface area contributed by atoms with Crippen molar-refractivity contribution in [3.63, 3.8) is 0 Å². The molecule has 0 aromatic heterocycles.